The van der Waals surface area contributed by atoms with Crippen molar-refractivity contribution < 1.29 is 27.0 Å². The normalized spacial score (nSPS) is 19.3. The summed E-state index contributed by atoms with van der Waals surface area (Å²) in [6.07, 6.45) is -2.76. The Balaban J connectivity index is 1.69. The van der Waals surface area contributed by atoms with Crippen molar-refractivity contribution in [3.8, 4) is 11.5 Å². The number of anilines is 2. The van der Waals surface area contributed by atoms with Crippen LogP contribution in [0.15, 0.2) is 24.3 Å². The van der Waals surface area contributed by atoms with E-state index in [1.807, 2.05) is 0 Å². The maximum Gasteiger partial charge on any atom is 0.419 e. The van der Waals surface area contributed by atoms with Gasteiger partial charge in [-0.15, -0.1) is 0 Å². The van der Waals surface area contributed by atoms with E-state index in [1.165, 1.54) is 13.2 Å². The predicted octanol–water partition coefficient (Wildman–Crippen LogP) is 5.72. The molecule has 37 heavy (non-hydrogen) atoms. The highest BCUT2D eigenvalue weighted by molar-refractivity contribution is 5.92. The molecular weight excluding hydrogens is 490 g/mol. The number of benzene rings is 2. The zero-order valence-electron chi connectivity index (χ0n) is 21.4. The van der Waals surface area contributed by atoms with Gasteiger partial charge >= 0.3 is 6.18 Å². The van der Waals surface area contributed by atoms with Gasteiger partial charge in [-0.3, -0.25) is 4.90 Å². The first-order valence-electron chi connectivity index (χ1n) is 12.0. The molecular formula is C26H31F4N5O2. The van der Waals surface area contributed by atoms with Gasteiger partial charge < -0.3 is 20.5 Å². The van der Waals surface area contributed by atoms with E-state index in [1.54, 1.807) is 26.0 Å². The molecule has 2 heterocycles. The zero-order chi connectivity index (χ0) is 27.1. The second kappa shape index (κ2) is 10.2. The number of likely N-dealkylation sites (tertiary alicyclic amines) is 1. The van der Waals surface area contributed by atoms with Crippen molar-refractivity contribution in [3.05, 3.63) is 47.0 Å². The largest absolute Gasteiger partial charge is 0.493 e. The van der Waals surface area contributed by atoms with Crippen LogP contribution in [0.4, 0.5) is 29.1 Å². The Hall–Kier alpha value is -3.34. The summed E-state index contributed by atoms with van der Waals surface area (Å²) in [7, 11) is 3.61. The minimum absolute atomic E-state index is 0.187. The Morgan fingerprint density at radius 3 is 2.51 bits per heavy atom. The van der Waals surface area contributed by atoms with Gasteiger partial charge in [0, 0.05) is 34.8 Å². The number of halogens is 4. The Kier molecular flexibility index (Phi) is 7.36. The van der Waals surface area contributed by atoms with Crippen molar-refractivity contribution in [2.45, 2.75) is 57.9 Å². The molecule has 0 bridgehead atoms. The molecule has 0 radical (unpaired) electrons. The van der Waals surface area contributed by atoms with E-state index in [0.717, 1.165) is 12.8 Å². The van der Waals surface area contributed by atoms with E-state index in [-0.39, 0.29) is 17.3 Å². The number of nitrogens with two attached hydrogens (primary N) is 1. The van der Waals surface area contributed by atoms with Crippen molar-refractivity contribution in [3.63, 3.8) is 0 Å². The van der Waals surface area contributed by atoms with Crippen molar-refractivity contribution in [2.24, 2.45) is 0 Å². The molecule has 0 unspecified atom stereocenters. The molecule has 0 amide bonds. The first-order valence-corrected chi connectivity index (χ1v) is 12.0. The molecule has 3 atom stereocenters. The summed E-state index contributed by atoms with van der Waals surface area (Å²) in [6, 6.07) is 5.09. The van der Waals surface area contributed by atoms with Gasteiger partial charge in [0.2, 0.25) is 0 Å². The molecule has 0 aliphatic carbocycles. The second-order valence-electron chi connectivity index (χ2n) is 9.53. The van der Waals surface area contributed by atoms with Crippen LogP contribution in [0.2, 0.25) is 0 Å². The fourth-order valence-corrected chi connectivity index (χ4v) is 4.70. The molecule has 0 spiro atoms. The van der Waals surface area contributed by atoms with Crippen LogP contribution in [-0.2, 0) is 6.18 Å². The molecule has 200 valence electrons. The second-order valence-corrected chi connectivity index (χ2v) is 9.53. The number of hydrogen-bond acceptors (Lipinski definition) is 7. The van der Waals surface area contributed by atoms with Gasteiger partial charge in [0.25, 0.3) is 0 Å². The minimum Gasteiger partial charge on any atom is -0.493 e. The Morgan fingerprint density at radius 2 is 1.89 bits per heavy atom. The standard InChI is InChI=1S/C26H31F4N5O2/c1-13-6-7-17(35(13)4)12-37-23-10-19-21(11-22(23)36-5)33-15(3)34-25(19)32-14(2)18-8-16(31)9-20(24(18)27)26(28,29)30/h8-11,13-14,17H,6-7,12,31H2,1-5H3,(H,32,33,34)/t13-,14-,17+/m1/s1. The summed E-state index contributed by atoms with van der Waals surface area (Å²) in [5.74, 6) is 0.348. The van der Waals surface area contributed by atoms with Gasteiger partial charge in [0.15, 0.2) is 11.5 Å². The number of likely N-dealkylation sites (N-methyl/N-ethyl adjacent to an activating group) is 1. The molecule has 11 heteroatoms. The van der Waals surface area contributed by atoms with E-state index in [9.17, 15) is 17.6 Å². The Bertz CT molecular complexity index is 1300. The summed E-state index contributed by atoms with van der Waals surface area (Å²) in [4.78, 5) is 11.2. The van der Waals surface area contributed by atoms with E-state index < -0.39 is 23.6 Å². The van der Waals surface area contributed by atoms with Crippen molar-refractivity contribution in [1.82, 2.24) is 14.9 Å². The molecule has 0 saturated carbocycles. The van der Waals surface area contributed by atoms with E-state index in [2.05, 4.69) is 34.2 Å². The van der Waals surface area contributed by atoms with Gasteiger partial charge in [-0.2, -0.15) is 13.2 Å². The van der Waals surface area contributed by atoms with Crippen molar-refractivity contribution >= 4 is 22.4 Å². The zero-order valence-corrected chi connectivity index (χ0v) is 21.4. The summed E-state index contributed by atoms with van der Waals surface area (Å²) in [5, 5.41) is 3.60. The van der Waals surface area contributed by atoms with Crippen LogP contribution in [0.25, 0.3) is 10.9 Å². The van der Waals surface area contributed by atoms with Gasteiger partial charge in [-0.05, 0) is 58.9 Å². The average Bonchev–Trinajstić information content (AvgIpc) is 3.14. The van der Waals surface area contributed by atoms with E-state index in [0.29, 0.717) is 52.8 Å². The SMILES string of the molecule is COc1cc2nc(C)nc(N[C@H](C)c3cc(N)cc(C(F)(F)F)c3F)c2cc1OC[C@@H]1CC[C@@H](C)N1C. The highest BCUT2D eigenvalue weighted by Gasteiger charge is 2.36. The minimum atomic E-state index is -4.87. The number of alkyl halides is 3. The van der Waals surface area contributed by atoms with Gasteiger partial charge in [0.05, 0.1) is 24.2 Å². The average molecular weight is 522 g/mol. The summed E-state index contributed by atoms with van der Waals surface area (Å²) >= 11 is 0. The van der Waals surface area contributed by atoms with E-state index in [4.69, 9.17) is 15.2 Å². The summed E-state index contributed by atoms with van der Waals surface area (Å²) < 4.78 is 66.6. The quantitative estimate of drug-likeness (QED) is 0.304. The van der Waals surface area contributed by atoms with Gasteiger partial charge in [-0.25, -0.2) is 14.4 Å². The van der Waals surface area contributed by atoms with Crippen molar-refractivity contribution in [2.75, 3.05) is 31.8 Å². The first-order chi connectivity index (χ1) is 17.4. The molecule has 3 N–H and O–H groups in total. The maximum absolute atomic E-state index is 14.9. The van der Waals surface area contributed by atoms with Crippen LogP contribution in [0.5, 0.6) is 11.5 Å². The number of hydrogen-bond donors (Lipinski definition) is 2. The highest BCUT2D eigenvalue weighted by Crippen LogP contribution is 2.38. The number of aryl methyl sites for hydroxylation is 1. The van der Waals surface area contributed by atoms with Gasteiger partial charge in [-0.1, -0.05) is 0 Å². The molecule has 1 fully saturated rings. The number of ether oxygens (including phenoxy) is 2. The molecule has 2 aromatic carbocycles. The number of aromatic nitrogens is 2. The van der Waals surface area contributed by atoms with Crippen molar-refractivity contribution in [1.29, 1.82) is 0 Å². The molecule has 1 saturated heterocycles. The molecule has 1 aliphatic rings. The van der Waals surface area contributed by atoms with Crippen LogP contribution in [0.1, 0.15) is 49.7 Å². The highest BCUT2D eigenvalue weighted by atomic mass is 19.4. The fourth-order valence-electron chi connectivity index (χ4n) is 4.70. The van der Waals surface area contributed by atoms with Crippen LogP contribution >= 0.6 is 0 Å². The third-order valence-electron chi connectivity index (χ3n) is 6.96. The topological polar surface area (TPSA) is 85.5 Å². The molecule has 7 nitrogen and oxygen atoms in total. The van der Waals surface area contributed by atoms with Gasteiger partial charge in [0.1, 0.15) is 24.1 Å². The van der Waals surface area contributed by atoms with E-state index >= 15 is 0 Å². The number of rotatable bonds is 7. The lowest BCUT2D eigenvalue weighted by Gasteiger charge is -2.24. The molecule has 1 aliphatic heterocycles. The first kappa shape index (κ1) is 26.7. The lowest BCUT2D eigenvalue weighted by atomic mass is 10.0. The number of nitrogens with one attached hydrogen (secondary N) is 1. The third-order valence-corrected chi connectivity index (χ3v) is 6.96. The van der Waals surface area contributed by atoms with Crippen LogP contribution < -0.4 is 20.5 Å². The third kappa shape index (κ3) is 5.51. The lowest BCUT2D eigenvalue weighted by Crippen LogP contribution is -2.34. The Morgan fingerprint density at radius 1 is 1.16 bits per heavy atom. The number of nitrogens with zero attached hydrogens (tertiary/aromatic N) is 3. The number of nitrogen functional groups attached to an aromatic ring is 1. The summed E-state index contributed by atoms with van der Waals surface area (Å²) in [6.45, 7) is 5.87. The maximum atomic E-state index is 14.9. The Labute approximate surface area is 213 Å². The van der Waals surface area contributed by atoms with Crippen LogP contribution in [-0.4, -0.2) is 47.7 Å². The fraction of sp³-hybridized carbons (Fsp3) is 0.462. The molecule has 3 aromatic rings. The summed E-state index contributed by atoms with van der Waals surface area (Å²) in [5.41, 5.74) is 4.40. The predicted molar refractivity (Wildman–Crippen MR) is 134 cm³/mol. The number of fused-ring (bicyclic) bond motifs is 1. The van der Waals surface area contributed by atoms with Crippen LogP contribution in [0.3, 0.4) is 0 Å². The smallest absolute Gasteiger partial charge is 0.419 e. The number of methoxy groups -OCH3 is 1. The van der Waals surface area contributed by atoms with Crippen LogP contribution in [0, 0.1) is 12.7 Å². The molecule has 1 aromatic heterocycles. The molecule has 4 rings (SSSR count). The lowest BCUT2D eigenvalue weighted by molar-refractivity contribution is -0.140. The monoisotopic (exact) mass is 521 g/mol.